The fraction of sp³-hybridized carbons (Fsp3) is 0.118. The third kappa shape index (κ3) is 3.83. The van der Waals surface area contributed by atoms with E-state index in [0.717, 1.165) is 0 Å². The third-order valence-electron chi connectivity index (χ3n) is 3.16. The Balaban J connectivity index is 2.55. The van der Waals surface area contributed by atoms with E-state index < -0.39 is 16.4 Å². The van der Waals surface area contributed by atoms with E-state index in [9.17, 15) is 20.5 Å². The number of hydrogen-bond acceptors (Lipinski definition) is 5. The number of hydrogen-bond donors (Lipinski definition) is 1. The summed E-state index contributed by atoms with van der Waals surface area (Å²) < 4.78 is 5.22. The van der Waals surface area contributed by atoms with Crippen molar-refractivity contribution in [3.63, 3.8) is 0 Å². The van der Waals surface area contributed by atoms with Gasteiger partial charge in [0.2, 0.25) is 5.75 Å². The van der Waals surface area contributed by atoms with Crippen molar-refractivity contribution in [3.8, 4) is 17.6 Å². The summed E-state index contributed by atoms with van der Waals surface area (Å²) in [5, 5.41) is 30.9. The van der Waals surface area contributed by atoms with Crippen molar-refractivity contribution in [1.82, 2.24) is 0 Å². The van der Waals surface area contributed by atoms with Gasteiger partial charge in [-0.3, -0.25) is 10.1 Å². The van der Waals surface area contributed by atoms with E-state index in [4.69, 9.17) is 16.3 Å². The number of phenolic OH excluding ortho intramolecular Hbond substituents is 1. The smallest absolute Gasteiger partial charge is 0.315 e. The number of nitriles is 1. The molecule has 0 unspecified atom stereocenters. The normalized spacial score (nSPS) is 11.0. The van der Waals surface area contributed by atoms with Crippen LogP contribution < -0.4 is 4.74 Å². The average molecular weight is 345 g/mol. The van der Waals surface area contributed by atoms with E-state index in [1.54, 1.807) is 31.2 Å². The first kappa shape index (κ1) is 17.3. The molecule has 0 amide bonds. The number of nitro groups is 1. The first-order valence-electron chi connectivity index (χ1n) is 6.98. The molecule has 0 bridgehead atoms. The van der Waals surface area contributed by atoms with E-state index in [-0.39, 0.29) is 12.4 Å². The molecule has 0 fully saturated rings. The first-order chi connectivity index (χ1) is 11.5. The summed E-state index contributed by atoms with van der Waals surface area (Å²) in [5.74, 6) is -0.546. The molecule has 0 aliphatic carbocycles. The molecule has 0 aliphatic heterocycles. The molecule has 0 heterocycles. The molecule has 7 heteroatoms. The Morgan fingerprint density at radius 2 is 2.08 bits per heavy atom. The minimum Gasteiger partial charge on any atom is -0.500 e. The van der Waals surface area contributed by atoms with Crippen molar-refractivity contribution in [3.05, 3.63) is 62.7 Å². The molecule has 0 spiro atoms. The molecule has 2 aromatic carbocycles. The van der Waals surface area contributed by atoms with E-state index in [1.807, 2.05) is 6.07 Å². The predicted octanol–water partition coefficient (Wildman–Crippen LogP) is 4.42. The average Bonchev–Trinajstić information content (AvgIpc) is 2.56. The monoisotopic (exact) mass is 344 g/mol. The van der Waals surface area contributed by atoms with Gasteiger partial charge in [-0.2, -0.15) is 5.26 Å². The van der Waals surface area contributed by atoms with Crippen molar-refractivity contribution < 1.29 is 14.8 Å². The van der Waals surface area contributed by atoms with Gasteiger partial charge in [0.25, 0.3) is 0 Å². The summed E-state index contributed by atoms with van der Waals surface area (Å²) in [5.41, 5.74) is 0.805. The molecule has 0 aromatic heterocycles. The van der Waals surface area contributed by atoms with Crippen LogP contribution in [0.5, 0.6) is 11.5 Å². The quantitative estimate of drug-likeness (QED) is 0.375. The lowest BCUT2D eigenvalue weighted by atomic mass is 10.0. The second kappa shape index (κ2) is 7.49. The van der Waals surface area contributed by atoms with Gasteiger partial charge in [-0.25, -0.2) is 0 Å². The molecule has 0 aliphatic rings. The van der Waals surface area contributed by atoms with Crippen molar-refractivity contribution in [2.75, 3.05) is 6.61 Å². The van der Waals surface area contributed by atoms with Crippen LogP contribution in [0.3, 0.4) is 0 Å². The Morgan fingerprint density at radius 3 is 2.62 bits per heavy atom. The molecule has 122 valence electrons. The molecule has 6 nitrogen and oxygen atoms in total. The summed E-state index contributed by atoms with van der Waals surface area (Å²) in [6.45, 7) is 1.93. The number of halogens is 1. The van der Waals surface area contributed by atoms with Crippen LogP contribution in [0.4, 0.5) is 5.69 Å². The molecule has 1 N–H and O–H groups in total. The number of benzene rings is 2. The summed E-state index contributed by atoms with van der Waals surface area (Å²) in [6.07, 6.45) is 1.48. The number of nitrogens with zero attached hydrogens (tertiary/aromatic N) is 2. The Kier molecular flexibility index (Phi) is 5.40. The highest BCUT2D eigenvalue weighted by Gasteiger charge is 2.20. The molecule has 0 saturated carbocycles. The molecule has 0 atom stereocenters. The number of rotatable bonds is 5. The highest BCUT2D eigenvalue weighted by Crippen LogP contribution is 2.38. The summed E-state index contributed by atoms with van der Waals surface area (Å²) in [4.78, 5) is 10.4. The van der Waals surface area contributed by atoms with Gasteiger partial charge in [-0.05, 0) is 42.3 Å². The van der Waals surface area contributed by atoms with Gasteiger partial charge in [0.1, 0.15) is 0 Å². The topological polar surface area (TPSA) is 96.4 Å². The minimum absolute atomic E-state index is 0.00801. The van der Waals surface area contributed by atoms with Gasteiger partial charge < -0.3 is 9.84 Å². The number of ether oxygens (including phenoxy) is 1. The van der Waals surface area contributed by atoms with Crippen molar-refractivity contribution in [2.45, 2.75) is 6.92 Å². The maximum atomic E-state index is 11.1. The van der Waals surface area contributed by atoms with Gasteiger partial charge in [0.15, 0.2) is 5.75 Å². The number of phenols is 1. The molecular formula is C17H13ClN2O4. The van der Waals surface area contributed by atoms with Crippen LogP contribution in [0.2, 0.25) is 5.02 Å². The molecule has 0 radical (unpaired) electrons. The lowest BCUT2D eigenvalue weighted by Gasteiger charge is -2.08. The first-order valence-corrected chi connectivity index (χ1v) is 7.36. The van der Waals surface area contributed by atoms with Crippen LogP contribution in [-0.4, -0.2) is 16.6 Å². The third-order valence-corrected chi connectivity index (χ3v) is 3.41. The van der Waals surface area contributed by atoms with Gasteiger partial charge in [0, 0.05) is 11.1 Å². The highest BCUT2D eigenvalue weighted by atomic mass is 35.5. The lowest BCUT2D eigenvalue weighted by Crippen LogP contribution is -1.96. The number of allylic oxidation sites excluding steroid dienone is 1. The van der Waals surface area contributed by atoms with E-state index >= 15 is 0 Å². The van der Waals surface area contributed by atoms with Crippen LogP contribution in [0, 0.1) is 21.4 Å². The molecule has 24 heavy (non-hydrogen) atoms. The maximum Gasteiger partial charge on any atom is 0.315 e. The molecule has 2 aromatic rings. The van der Waals surface area contributed by atoms with E-state index in [1.165, 1.54) is 18.2 Å². The second-order valence-electron chi connectivity index (χ2n) is 4.75. The fourth-order valence-corrected chi connectivity index (χ4v) is 2.20. The molecule has 0 saturated heterocycles. The van der Waals surface area contributed by atoms with Crippen molar-refractivity contribution >= 4 is 28.9 Å². The van der Waals surface area contributed by atoms with Crippen LogP contribution >= 0.6 is 11.6 Å². The minimum atomic E-state index is -0.705. The van der Waals surface area contributed by atoms with Crippen molar-refractivity contribution in [2.24, 2.45) is 0 Å². The van der Waals surface area contributed by atoms with Crippen LogP contribution in [-0.2, 0) is 0 Å². The van der Waals surface area contributed by atoms with Gasteiger partial charge >= 0.3 is 5.69 Å². The van der Waals surface area contributed by atoms with E-state index in [2.05, 4.69) is 0 Å². The van der Waals surface area contributed by atoms with Crippen LogP contribution in [0.1, 0.15) is 18.1 Å². The van der Waals surface area contributed by atoms with E-state index in [0.29, 0.717) is 21.7 Å². The standard InChI is InChI=1S/C17H13ClN2O4/c1-2-24-16-9-11(8-15(17(16)21)20(22)23)7-13(10-19)12-3-5-14(18)6-4-12/h3-9,21H,2H2,1H3/b13-7-. The Bertz CT molecular complexity index is 839. The van der Waals surface area contributed by atoms with Gasteiger partial charge in [-0.15, -0.1) is 0 Å². The molecule has 2 rings (SSSR count). The fourth-order valence-electron chi connectivity index (χ4n) is 2.08. The zero-order chi connectivity index (χ0) is 17.7. The Labute approximate surface area is 143 Å². The summed E-state index contributed by atoms with van der Waals surface area (Å²) >= 11 is 5.83. The Morgan fingerprint density at radius 1 is 1.42 bits per heavy atom. The largest absolute Gasteiger partial charge is 0.500 e. The zero-order valence-electron chi connectivity index (χ0n) is 12.7. The maximum absolute atomic E-state index is 11.1. The van der Waals surface area contributed by atoms with Crippen molar-refractivity contribution in [1.29, 1.82) is 5.26 Å². The predicted molar refractivity (Wildman–Crippen MR) is 90.9 cm³/mol. The number of nitro benzene ring substituents is 1. The van der Waals surface area contributed by atoms with Crippen LogP contribution in [0.15, 0.2) is 36.4 Å². The van der Waals surface area contributed by atoms with Crippen LogP contribution in [0.25, 0.3) is 11.6 Å². The lowest BCUT2D eigenvalue weighted by molar-refractivity contribution is -0.386. The summed E-state index contributed by atoms with van der Waals surface area (Å²) in [7, 11) is 0. The Hall–Kier alpha value is -3.04. The highest BCUT2D eigenvalue weighted by molar-refractivity contribution is 6.30. The number of aromatic hydroxyl groups is 1. The second-order valence-corrected chi connectivity index (χ2v) is 5.19. The zero-order valence-corrected chi connectivity index (χ0v) is 13.4. The van der Waals surface area contributed by atoms with Gasteiger partial charge in [-0.1, -0.05) is 23.7 Å². The van der Waals surface area contributed by atoms with Gasteiger partial charge in [0.05, 0.1) is 23.2 Å². The molecular weight excluding hydrogens is 332 g/mol. The summed E-state index contributed by atoms with van der Waals surface area (Å²) in [6, 6.07) is 11.3. The SMILES string of the molecule is CCOc1cc(/C=C(/C#N)c2ccc(Cl)cc2)cc([N+](=O)[O-])c1O.